The molecule has 0 aliphatic heterocycles. The van der Waals surface area contributed by atoms with Gasteiger partial charge in [-0.05, 0) is 24.3 Å². The van der Waals surface area contributed by atoms with E-state index in [1.54, 1.807) is 0 Å². The molecule has 2 heteroatoms. The molecule has 13 heavy (non-hydrogen) atoms. The monoisotopic (exact) mass is 168 g/mol. The summed E-state index contributed by atoms with van der Waals surface area (Å²) in [5, 5.41) is 8.39. The maximum atomic E-state index is 8.39. The molecule has 0 amide bonds. The van der Waals surface area contributed by atoms with E-state index in [1.165, 1.54) is 6.08 Å². The Morgan fingerprint density at radius 3 is 3.00 bits per heavy atom. The fourth-order valence-electron chi connectivity index (χ4n) is 1.34. The molecule has 0 saturated heterocycles. The first kappa shape index (κ1) is 7.63. The van der Waals surface area contributed by atoms with Gasteiger partial charge in [-0.15, -0.1) is 0 Å². The van der Waals surface area contributed by atoms with Crippen LogP contribution in [0.25, 0.3) is 11.6 Å². The van der Waals surface area contributed by atoms with Crippen LogP contribution in [0, 0.1) is 11.3 Å². The number of hydrogen-bond donors (Lipinski definition) is 0. The third-order valence-corrected chi connectivity index (χ3v) is 1.94. The molecule has 62 valence electrons. The van der Waals surface area contributed by atoms with Crippen molar-refractivity contribution in [3.63, 3.8) is 0 Å². The topological polar surface area (TPSA) is 28.2 Å². The van der Waals surface area contributed by atoms with Gasteiger partial charge in [0.15, 0.2) is 0 Å². The molecule has 0 aromatic carbocycles. The second-order valence-corrected chi connectivity index (χ2v) is 2.73. The van der Waals surface area contributed by atoms with Crippen molar-refractivity contribution in [1.29, 1.82) is 5.26 Å². The molecular formula is C11H8N2. The van der Waals surface area contributed by atoms with Crippen molar-refractivity contribution in [3.05, 3.63) is 48.3 Å². The second-order valence-electron chi connectivity index (χ2n) is 2.73. The van der Waals surface area contributed by atoms with Crippen molar-refractivity contribution in [2.24, 2.45) is 0 Å². The van der Waals surface area contributed by atoms with Crippen LogP contribution in [0.5, 0.6) is 0 Å². The predicted molar refractivity (Wildman–Crippen MR) is 52.0 cm³/mol. The summed E-state index contributed by atoms with van der Waals surface area (Å²) in [5.41, 5.74) is 2.19. The summed E-state index contributed by atoms with van der Waals surface area (Å²) in [6.07, 6.45) is 7.27. The molecule has 0 saturated carbocycles. The first-order chi connectivity index (χ1) is 6.42. The zero-order valence-corrected chi connectivity index (χ0v) is 7.01. The van der Waals surface area contributed by atoms with Gasteiger partial charge in [0.05, 0.1) is 11.6 Å². The lowest BCUT2D eigenvalue weighted by Gasteiger charge is -1.92. The van der Waals surface area contributed by atoms with E-state index in [0.717, 1.165) is 11.1 Å². The lowest BCUT2D eigenvalue weighted by atomic mass is 10.2. The van der Waals surface area contributed by atoms with Crippen LogP contribution in [-0.4, -0.2) is 4.40 Å². The Hall–Kier alpha value is -2.01. The molecule has 2 aromatic rings. The van der Waals surface area contributed by atoms with Gasteiger partial charge in [0.25, 0.3) is 0 Å². The van der Waals surface area contributed by atoms with Gasteiger partial charge >= 0.3 is 0 Å². The van der Waals surface area contributed by atoms with Gasteiger partial charge in [0.2, 0.25) is 0 Å². The molecule has 0 radical (unpaired) electrons. The van der Waals surface area contributed by atoms with Crippen LogP contribution in [-0.2, 0) is 0 Å². The number of rotatable bonds is 1. The summed E-state index contributed by atoms with van der Waals surface area (Å²) in [6.45, 7) is 0. The van der Waals surface area contributed by atoms with Crippen LogP contribution in [0.3, 0.4) is 0 Å². The molecule has 0 N–H and O–H groups in total. The average Bonchev–Trinajstić information content (AvgIpc) is 2.58. The maximum Gasteiger partial charge on any atom is 0.0912 e. The van der Waals surface area contributed by atoms with E-state index in [2.05, 4.69) is 0 Å². The Kier molecular flexibility index (Phi) is 1.85. The third-order valence-electron chi connectivity index (χ3n) is 1.94. The highest BCUT2D eigenvalue weighted by molar-refractivity contribution is 5.70. The summed E-state index contributed by atoms with van der Waals surface area (Å²) in [6, 6.07) is 9.96. The zero-order valence-electron chi connectivity index (χ0n) is 7.01. The molecule has 0 atom stereocenters. The Bertz CT molecular complexity index is 486. The molecule has 0 unspecified atom stereocenters. The Labute approximate surface area is 76.3 Å². The van der Waals surface area contributed by atoms with Crippen molar-refractivity contribution in [2.45, 2.75) is 0 Å². The summed E-state index contributed by atoms with van der Waals surface area (Å²) in [7, 11) is 0. The zero-order chi connectivity index (χ0) is 9.10. The smallest absolute Gasteiger partial charge is 0.0912 e. The predicted octanol–water partition coefficient (Wildman–Crippen LogP) is 2.48. The van der Waals surface area contributed by atoms with Crippen molar-refractivity contribution < 1.29 is 0 Å². The number of nitrogens with zero attached hydrogens (tertiary/aromatic N) is 2. The van der Waals surface area contributed by atoms with Gasteiger partial charge in [-0.25, -0.2) is 0 Å². The SMILES string of the molecule is N#C/C=C/c1ccn2ccccc12. The normalized spacial score (nSPS) is 10.7. The molecule has 0 spiro atoms. The van der Waals surface area contributed by atoms with Crippen LogP contribution in [0.2, 0.25) is 0 Å². The molecule has 2 rings (SSSR count). The number of nitriles is 1. The van der Waals surface area contributed by atoms with E-state index < -0.39 is 0 Å². The molecule has 2 nitrogen and oxygen atoms in total. The first-order valence-electron chi connectivity index (χ1n) is 4.03. The minimum absolute atomic E-state index is 1.07. The van der Waals surface area contributed by atoms with Crippen molar-refractivity contribution in [3.8, 4) is 6.07 Å². The highest BCUT2D eigenvalue weighted by Gasteiger charge is 1.95. The summed E-state index contributed by atoms with van der Waals surface area (Å²) >= 11 is 0. The maximum absolute atomic E-state index is 8.39. The van der Waals surface area contributed by atoms with Gasteiger partial charge in [-0.3, -0.25) is 0 Å². The van der Waals surface area contributed by atoms with Crippen molar-refractivity contribution in [2.75, 3.05) is 0 Å². The number of pyridine rings is 1. The van der Waals surface area contributed by atoms with Crippen LogP contribution in [0.15, 0.2) is 42.7 Å². The van der Waals surface area contributed by atoms with Gasteiger partial charge in [0.1, 0.15) is 0 Å². The number of hydrogen-bond acceptors (Lipinski definition) is 1. The largest absolute Gasteiger partial charge is 0.323 e. The van der Waals surface area contributed by atoms with Crippen molar-refractivity contribution in [1.82, 2.24) is 4.40 Å². The number of fused-ring (bicyclic) bond motifs is 1. The minimum Gasteiger partial charge on any atom is -0.323 e. The summed E-state index contributed by atoms with van der Waals surface area (Å²) < 4.78 is 2.02. The lowest BCUT2D eigenvalue weighted by Crippen LogP contribution is -1.78. The molecule has 0 fully saturated rings. The number of aromatic nitrogens is 1. The highest BCUT2D eigenvalue weighted by Crippen LogP contribution is 2.13. The average molecular weight is 168 g/mol. The van der Waals surface area contributed by atoms with Crippen LogP contribution < -0.4 is 0 Å². The Balaban J connectivity index is 2.59. The highest BCUT2D eigenvalue weighted by atomic mass is 14.8. The van der Waals surface area contributed by atoms with Gasteiger partial charge < -0.3 is 4.40 Å². The first-order valence-corrected chi connectivity index (χ1v) is 4.03. The molecule has 0 aliphatic carbocycles. The van der Waals surface area contributed by atoms with E-state index in [0.29, 0.717) is 0 Å². The van der Waals surface area contributed by atoms with Gasteiger partial charge in [0, 0.05) is 24.0 Å². The van der Waals surface area contributed by atoms with Crippen molar-refractivity contribution >= 4 is 11.6 Å². The fraction of sp³-hybridized carbons (Fsp3) is 0. The molecule has 0 bridgehead atoms. The quantitative estimate of drug-likeness (QED) is 0.601. The molecule has 2 aromatic heterocycles. The fourth-order valence-corrected chi connectivity index (χ4v) is 1.34. The van der Waals surface area contributed by atoms with E-state index in [1.807, 2.05) is 53.2 Å². The molecule has 0 aliphatic rings. The van der Waals surface area contributed by atoms with Gasteiger partial charge in [-0.1, -0.05) is 6.07 Å². The number of allylic oxidation sites excluding steroid dienone is 1. The van der Waals surface area contributed by atoms with E-state index in [-0.39, 0.29) is 0 Å². The lowest BCUT2D eigenvalue weighted by molar-refractivity contribution is 1.20. The van der Waals surface area contributed by atoms with E-state index in [9.17, 15) is 0 Å². The van der Waals surface area contributed by atoms with E-state index in [4.69, 9.17) is 5.26 Å². The van der Waals surface area contributed by atoms with Crippen LogP contribution in [0.4, 0.5) is 0 Å². The van der Waals surface area contributed by atoms with Crippen LogP contribution in [0.1, 0.15) is 5.56 Å². The third kappa shape index (κ3) is 1.32. The Morgan fingerprint density at radius 1 is 1.23 bits per heavy atom. The minimum atomic E-state index is 1.07. The molecular weight excluding hydrogens is 160 g/mol. The Morgan fingerprint density at radius 2 is 2.15 bits per heavy atom. The van der Waals surface area contributed by atoms with Crippen LogP contribution >= 0.6 is 0 Å². The van der Waals surface area contributed by atoms with E-state index >= 15 is 0 Å². The molecule has 2 heterocycles. The standard InChI is InChI=1S/C11H8N2/c12-7-3-4-10-6-9-13-8-2-1-5-11(10)13/h1-6,8-9H/b4-3+. The second kappa shape index (κ2) is 3.16. The summed E-state index contributed by atoms with van der Waals surface area (Å²) in [5.74, 6) is 0. The van der Waals surface area contributed by atoms with Gasteiger partial charge in [-0.2, -0.15) is 5.26 Å². The summed E-state index contributed by atoms with van der Waals surface area (Å²) in [4.78, 5) is 0.